The van der Waals surface area contributed by atoms with Crippen LogP contribution in [-0.2, 0) is 18.1 Å². The van der Waals surface area contributed by atoms with E-state index in [4.69, 9.17) is 28.7 Å². The summed E-state index contributed by atoms with van der Waals surface area (Å²) in [6.45, 7) is 0.264. The third kappa shape index (κ3) is 3.76. The molecule has 0 bridgehead atoms. The molecule has 0 aromatic carbocycles. The van der Waals surface area contributed by atoms with Crippen molar-refractivity contribution in [2.45, 2.75) is 18.7 Å². The lowest BCUT2D eigenvalue weighted by Gasteiger charge is -2.13. The number of nitrogens with one attached hydrogen (secondary N) is 2. The minimum absolute atomic E-state index is 0.122. The van der Waals surface area contributed by atoms with Crippen molar-refractivity contribution in [1.29, 1.82) is 0 Å². The molecule has 134 valence electrons. The first-order valence-corrected chi connectivity index (χ1v) is 7.85. The van der Waals surface area contributed by atoms with Crippen LogP contribution >= 0.6 is 23.8 Å². The third-order valence-electron chi connectivity index (χ3n) is 3.54. The van der Waals surface area contributed by atoms with Crippen LogP contribution in [0.25, 0.3) is 0 Å². The summed E-state index contributed by atoms with van der Waals surface area (Å²) in [5, 5.41) is 13.4. The van der Waals surface area contributed by atoms with Gasteiger partial charge in [0, 0.05) is 19.7 Å². The molecule has 1 atom stereocenters. The van der Waals surface area contributed by atoms with Crippen molar-refractivity contribution in [3.63, 3.8) is 0 Å². The fourth-order valence-corrected chi connectivity index (χ4v) is 2.57. The summed E-state index contributed by atoms with van der Waals surface area (Å²) in [6.07, 6.45) is -3.64. The molecule has 7 nitrogen and oxygen atoms in total. The number of aromatic nitrogens is 4. The first-order chi connectivity index (χ1) is 11.8. The Morgan fingerprint density at radius 3 is 2.88 bits per heavy atom. The molecule has 0 aliphatic carbocycles. The summed E-state index contributed by atoms with van der Waals surface area (Å²) in [5.41, 5.74) is -0.287. The summed E-state index contributed by atoms with van der Waals surface area (Å²) in [5.74, 6) is 0.711. The first-order valence-electron chi connectivity index (χ1n) is 7.07. The molecule has 2 aromatic rings. The van der Waals surface area contributed by atoms with Crippen molar-refractivity contribution in [3.05, 3.63) is 33.4 Å². The van der Waals surface area contributed by atoms with Crippen molar-refractivity contribution < 1.29 is 18.0 Å². The number of anilines is 1. The van der Waals surface area contributed by atoms with Crippen molar-refractivity contribution in [3.8, 4) is 0 Å². The van der Waals surface area contributed by atoms with Crippen LogP contribution in [0.4, 0.5) is 19.0 Å². The van der Waals surface area contributed by atoms with Crippen molar-refractivity contribution in [1.82, 2.24) is 19.7 Å². The number of oxime groups is 1. The maximum absolute atomic E-state index is 12.6. The summed E-state index contributed by atoms with van der Waals surface area (Å²) in [4.78, 5) is 9.01. The number of hydrogen-bond acceptors (Lipinski definition) is 6. The van der Waals surface area contributed by atoms with E-state index in [0.29, 0.717) is 22.7 Å². The monoisotopic (exact) mass is 392 g/mol. The normalized spacial score (nSPS) is 17.3. The molecule has 0 spiro atoms. The molecule has 2 aromatic heterocycles. The molecule has 0 amide bonds. The minimum atomic E-state index is -4.49. The Morgan fingerprint density at radius 2 is 2.28 bits per heavy atom. The van der Waals surface area contributed by atoms with Crippen LogP contribution in [0.5, 0.6) is 0 Å². The molecular weight excluding hydrogens is 381 g/mol. The lowest BCUT2D eigenvalue weighted by atomic mass is 10.1. The Morgan fingerprint density at radius 1 is 1.52 bits per heavy atom. The summed E-state index contributed by atoms with van der Waals surface area (Å²) >= 11 is 10.9. The van der Waals surface area contributed by atoms with Crippen LogP contribution in [0.3, 0.4) is 0 Å². The second-order valence-electron chi connectivity index (χ2n) is 5.31. The average molecular weight is 393 g/mol. The predicted octanol–water partition coefficient (Wildman–Crippen LogP) is 3.15. The number of hydrogen-bond donors (Lipinski definition) is 2. The van der Waals surface area contributed by atoms with Gasteiger partial charge >= 0.3 is 6.18 Å². The van der Waals surface area contributed by atoms with Gasteiger partial charge in [0.1, 0.15) is 11.5 Å². The van der Waals surface area contributed by atoms with E-state index in [-0.39, 0.29) is 23.5 Å². The highest BCUT2D eigenvalue weighted by molar-refractivity contribution is 7.71. The van der Waals surface area contributed by atoms with Gasteiger partial charge in [-0.2, -0.15) is 18.3 Å². The van der Waals surface area contributed by atoms with Crippen LogP contribution in [0.1, 0.15) is 17.8 Å². The number of H-pyrrole nitrogens is 1. The van der Waals surface area contributed by atoms with E-state index in [1.807, 2.05) is 0 Å². The Balaban J connectivity index is 1.61. The Kier molecular flexibility index (Phi) is 4.69. The standard InChI is InChI=1S/C13H12ClF3N6OS/c1-23-11(20-21-12(23)25)9-3-7(24-22-9)5-19-10-8(14)2-6(4-18-10)13(15,16)17/h2,4,7H,3,5H2,1H3,(H,18,19)(H,21,25)/t7-/m1/s1. The molecule has 25 heavy (non-hydrogen) atoms. The molecule has 0 saturated heterocycles. The van der Waals surface area contributed by atoms with Gasteiger partial charge in [0.2, 0.25) is 0 Å². The van der Waals surface area contributed by atoms with E-state index >= 15 is 0 Å². The lowest BCUT2D eigenvalue weighted by Crippen LogP contribution is -2.21. The molecule has 12 heteroatoms. The second kappa shape index (κ2) is 6.64. The zero-order chi connectivity index (χ0) is 18.2. The molecule has 1 aliphatic heterocycles. The maximum atomic E-state index is 12.6. The Hall–Kier alpha value is -2.14. The van der Waals surface area contributed by atoms with E-state index in [2.05, 4.69) is 25.7 Å². The fraction of sp³-hybridized carbons (Fsp3) is 0.385. The van der Waals surface area contributed by atoms with Crippen LogP contribution in [0, 0.1) is 4.77 Å². The highest BCUT2D eigenvalue weighted by atomic mass is 35.5. The van der Waals surface area contributed by atoms with Crippen LogP contribution in [0.15, 0.2) is 17.4 Å². The average Bonchev–Trinajstić information content (AvgIpc) is 3.13. The second-order valence-corrected chi connectivity index (χ2v) is 6.11. The number of pyridine rings is 1. The first kappa shape index (κ1) is 17.7. The SMILES string of the molecule is Cn1c(C2=NO[C@@H](CNc3ncc(C(F)(F)F)cc3Cl)C2)n[nH]c1=S. The molecular formula is C13H12ClF3N6OS. The lowest BCUT2D eigenvalue weighted by molar-refractivity contribution is -0.137. The Bertz CT molecular complexity index is 877. The van der Waals surface area contributed by atoms with Gasteiger partial charge in [0.25, 0.3) is 0 Å². The molecule has 0 saturated carbocycles. The number of aromatic amines is 1. The van der Waals surface area contributed by atoms with Crippen molar-refractivity contribution >= 4 is 35.3 Å². The topological polar surface area (TPSA) is 80.1 Å². The van der Waals surface area contributed by atoms with Crippen LogP contribution in [0.2, 0.25) is 5.02 Å². The largest absolute Gasteiger partial charge is 0.417 e. The van der Waals surface area contributed by atoms with Gasteiger partial charge in [0.05, 0.1) is 17.1 Å². The van der Waals surface area contributed by atoms with Crippen LogP contribution < -0.4 is 5.32 Å². The molecule has 3 rings (SSSR count). The van der Waals surface area contributed by atoms with Gasteiger partial charge in [-0.1, -0.05) is 16.8 Å². The zero-order valence-electron chi connectivity index (χ0n) is 12.8. The van der Waals surface area contributed by atoms with E-state index in [1.165, 1.54) is 0 Å². The van der Waals surface area contributed by atoms with E-state index < -0.39 is 11.7 Å². The van der Waals surface area contributed by atoms with Gasteiger partial charge in [-0.15, -0.1) is 0 Å². The van der Waals surface area contributed by atoms with Crippen LogP contribution in [-0.4, -0.2) is 38.1 Å². The van der Waals surface area contributed by atoms with Crippen molar-refractivity contribution in [2.24, 2.45) is 12.2 Å². The molecule has 0 fully saturated rings. The molecule has 0 unspecified atom stereocenters. The number of alkyl halides is 3. The number of nitrogens with zero attached hydrogens (tertiary/aromatic N) is 4. The fourth-order valence-electron chi connectivity index (χ4n) is 2.21. The summed E-state index contributed by atoms with van der Waals surface area (Å²) < 4.78 is 39.9. The summed E-state index contributed by atoms with van der Waals surface area (Å²) in [6, 6.07) is 0.823. The van der Waals surface area contributed by atoms with E-state index in [1.54, 1.807) is 11.6 Å². The molecule has 3 heterocycles. The molecule has 0 radical (unpaired) electrons. The quantitative estimate of drug-likeness (QED) is 0.781. The number of rotatable bonds is 4. The van der Waals surface area contributed by atoms with Gasteiger partial charge in [-0.05, 0) is 18.3 Å². The van der Waals surface area contributed by atoms with E-state index in [9.17, 15) is 13.2 Å². The Labute approximate surface area is 149 Å². The highest BCUT2D eigenvalue weighted by Gasteiger charge is 2.32. The molecule has 1 aliphatic rings. The van der Waals surface area contributed by atoms with Gasteiger partial charge < -0.3 is 14.7 Å². The smallest absolute Gasteiger partial charge is 0.390 e. The zero-order valence-corrected chi connectivity index (χ0v) is 14.3. The number of halogens is 4. The maximum Gasteiger partial charge on any atom is 0.417 e. The molecule has 2 N–H and O–H groups in total. The van der Waals surface area contributed by atoms with Gasteiger partial charge in [0.15, 0.2) is 16.7 Å². The van der Waals surface area contributed by atoms with Crippen molar-refractivity contribution in [2.75, 3.05) is 11.9 Å². The van der Waals surface area contributed by atoms with Gasteiger partial charge in [-0.3, -0.25) is 5.10 Å². The minimum Gasteiger partial charge on any atom is -0.390 e. The highest BCUT2D eigenvalue weighted by Crippen LogP contribution is 2.32. The van der Waals surface area contributed by atoms with E-state index in [0.717, 1.165) is 12.3 Å². The summed E-state index contributed by atoms with van der Waals surface area (Å²) in [7, 11) is 1.75. The van der Waals surface area contributed by atoms with Gasteiger partial charge in [-0.25, -0.2) is 4.98 Å². The third-order valence-corrected chi connectivity index (χ3v) is 4.19. The predicted molar refractivity (Wildman–Crippen MR) is 87.2 cm³/mol.